The first-order valence-electron chi connectivity index (χ1n) is 24.9. The zero-order valence-corrected chi connectivity index (χ0v) is 44.7. The van der Waals surface area contributed by atoms with Gasteiger partial charge in [0.15, 0.2) is 31.9 Å². The van der Waals surface area contributed by atoms with Crippen molar-refractivity contribution in [1.82, 2.24) is 4.90 Å². The van der Waals surface area contributed by atoms with Gasteiger partial charge in [0.2, 0.25) is 0 Å². The predicted molar refractivity (Wildman–Crippen MR) is 261 cm³/mol. The molecule has 2 aromatic rings. The van der Waals surface area contributed by atoms with Crippen molar-refractivity contribution in [2.75, 3.05) is 6.61 Å². The number of amides is 1. The average molecular weight is 1000 g/mol. The van der Waals surface area contributed by atoms with Crippen molar-refractivity contribution in [3.63, 3.8) is 0 Å². The molecule has 7 rings (SSSR count). The number of ether oxygens (including phenoxy) is 7. The third-order valence-electron chi connectivity index (χ3n) is 16.3. The van der Waals surface area contributed by atoms with Crippen molar-refractivity contribution in [3.05, 3.63) is 82.9 Å². The van der Waals surface area contributed by atoms with Crippen LogP contribution in [0.15, 0.2) is 71.8 Å². The van der Waals surface area contributed by atoms with E-state index in [9.17, 15) is 24.3 Å². The summed E-state index contributed by atoms with van der Waals surface area (Å²) >= 11 is 0. The number of benzene rings is 2. The second-order valence-electron chi connectivity index (χ2n) is 22.2. The standard InChI is InChI=1S/C54H73NO15Si/c1-15-71(16-2,17-3)70-37-28-38-53(30-63-38,67-33(6)57)43-45(66-46(59)35-26-22-19-23-27-35)54(62)29-36(31(4)39(50(54,10)11)41(64-32(5)56)44(58)52(37,43)14)65-47(60)42-40(34-24-20-18-21-25-34)55(51(12,13)68-42)48(61)69-49(7,8)9/h18-27,36-38,40-43,45,62H,15-17,28-30H2,1-14H3. The molecule has 4 fully saturated rings. The van der Waals surface area contributed by atoms with Gasteiger partial charge in [0, 0.05) is 32.1 Å². The van der Waals surface area contributed by atoms with Gasteiger partial charge in [0.1, 0.15) is 41.3 Å². The minimum atomic E-state index is -2.63. The number of hydrogen-bond acceptors (Lipinski definition) is 15. The molecule has 2 bridgehead atoms. The molecule has 5 aliphatic rings. The number of Topliss-reactive ketones (excluding diaryl/α,β-unsaturated/α-hetero) is 1. The molecule has 1 amide bonds. The highest BCUT2D eigenvalue weighted by Crippen LogP contribution is 2.65. The normalized spacial score (nSPS) is 33.0. The SMILES string of the molecule is CC[Si](CC)(CC)OC1CC2OCC2(OC(C)=O)C2C(OC(=O)c3ccccc3)C3(O)CC(OC(=O)C4OC(C)(C)N(C(=O)OC(C)(C)C)C4c4ccccc4)C(C)=C(C(OC(C)=O)C(=O)C12C)C3(C)C. The third kappa shape index (κ3) is 9.16. The Balaban J connectivity index is 1.47. The van der Waals surface area contributed by atoms with Gasteiger partial charge in [0.25, 0.3) is 0 Å². The average Bonchev–Trinajstić information content (AvgIpc) is 3.59. The molecular weight excluding hydrogens is 931 g/mol. The molecule has 17 heteroatoms. The lowest BCUT2D eigenvalue weighted by molar-refractivity contribution is -0.344. The summed E-state index contributed by atoms with van der Waals surface area (Å²) < 4.78 is 51.8. The van der Waals surface area contributed by atoms with Crippen LogP contribution >= 0.6 is 0 Å². The molecular formula is C54H73NO15Si. The molecule has 2 saturated heterocycles. The van der Waals surface area contributed by atoms with E-state index in [2.05, 4.69) is 20.8 Å². The lowest BCUT2D eigenvalue weighted by atomic mass is 9.44. The van der Waals surface area contributed by atoms with Crippen LogP contribution in [-0.4, -0.2) is 120 Å². The van der Waals surface area contributed by atoms with Gasteiger partial charge in [-0.2, -0.15) is 0 Å². The van der Waals surface area contributed by atoms with E-state index >= 15 is 9.59 Å². The minimum absolute atomic E-state index is 0.0909. The molecule has 0 aromatic heterocycles. The van der Waals surface area contributed by atoms with Crippen molar-refractivity contribution in [3.8, 4) is 0 Å². The molecule has 11 atom stereocenters. The highest BCUT2D eigenvalue weighted by molar-refractivity contribution is 6.73. The smallest absolute Gasteiger partial charge is 0.413 e. The van der Waals surface area contributed by atoms with Crippen LogP contribution in [0.25, 0.3) is 0 Å². The predicted octanol–water partition coefficient (Wildman–Crippen LogP) is 8.35. The van der Waals surface area contributed by atoms with Crippen LogP contribution in [-0.2, 0) is 56.8 Å². The first-order chi connectivity index (χ1) is 33.1. The van der Waals surface area contributed by atoms with Gasteiger partial charge in [0.05, 0.1) is 29.6 Å². The van der Waals surface area contributed by atoms with E-state index in [-0.39, 0.29) is 24.2 Å². The summed E-state index contributed by atoms with van der Waals surface area (Å²) in [7, 11) is -2.63. The van der Waals surface area contributed by atoms with Gasteiger partial charge < -0.3 is 42.7 Å². The molecule has 2 aliphatic heterocycles. The van der Waals surface area contributed by atoms with Crippen LogP contribution in [0.5, 0.6) is 0 Å². The van der Waals surface area contributed by atoms with E-state index < -0.39 is 132 Å². The summed E-state index contributed by atoms with van der Waals surface area (Å²) in [5, 5.41) is 14.2. The fourth-order valence-corrected chi connectivity index (χ4v) is 15.3. The number of carbonyl (C=O) groups excluding carboxylic acids is 6. The summed E-state index contributed by atoms with van der Waals surface area (Å²) in [5.41, 5.74) is -8.64. The fraction of sp³-hybridized carbons (Fsp3) is 0.630. The lowest BCUT2D eigenvalue weighted by Gasteiger charge is -2.68. The second kappa shape index (κ2) is 19.2. The molecule has 11 unspecified atom stereocenters. The summed E-state index contributed by atoms with van der Waals surface area (Å²) in [4.78, 5) is 88.8. The van der Waals surface area contributed by atoms with E-state index in [1.165, 1.54) is 18.7 Å². The molecule has 2 heterocycles. The Labute approximate surface area is 418 Å². The van der Waals surface area contributed by atoms with Crippen LogP contribution in [0.3, 0.4) is 0 Å². The third-order valence-corrected chi connectivity index (χ3v) is 20.9. The van der Waals surface area contributed by atoms with Crippen LogP contribution in [0, 0.1) is 16.7 Å². The Morgan fingerprint density at radius 2 is 1.44 bits per heavy atom. The van der Waals surface area contributed by atoms with E-state index in [1.54, 1.807) is 123 Å². The molecule has 71 heavy (non-hydrogen) atoms. The van der Waals surface area contributed by atoms with Crippen LogP contribution < -0.4 is 0 Å². The van der Waals surface area contributed by atoms with Crippen molar-refractivity contribution < 1.29 is 71.5 Å². The highest BCUT2D eigenvalue weighted by Gasteiger charge is 2.79. The molecule has 16 nitrogen and oxygen atoms in total. The van der Waals surface area contributed by atoms with Crippen LogP contribution in [0.1, 0.15) is 132 Å². The Hall–Kier alpha value is -4.94. The number of aliphatic hydroxyl groups is 1. The monoisotopic (exact) mass is 1000 g/mol. The maximum atomic E-state index is 16.4. The Bertz CT molecular complexity index is 2420. The minimum Gasteiger partial charge on any atom is -0.456 e. The second-order valence-corrected chi connectivity index (χ2v) is 26.9. The van der Waals surface area contributed by atoms with Gasteiger partial charge in [-0.25, -0.2) is 14.4 Å². The largest absolute Gasteiger partial charge is 0.456 e. The van der Waals surface area contributed by atoms with Gasteiger partial charge >= 0.3 is 30.0 Å². The van der Waals surface area contributed by atoms with Crippen LogP contribution in [0.4, 0.5) is 4.79 Å². The van der Waals surface area contributed by atoms with E-state index in [0.29, 0.717) is 29.3 Å². The molecule has 2 saturated carbocycles. The summed E-state index contributed by atoms with van der Waals surface area (Å²) in [6.07, 6.45) is -9.21. The molecule has 0 spiro atoms. The lowest BCUT2D eigenvalue weighted by Crippen LogP contribution is -2.82. The number of ketones is 1. The molecule has 388 valence electrons. The number of esters is 4. The molecule has 2 aromatic carbocycles. The summed E-state index contributed by atoms with van der Waals surface area (Å²) in [6.45, 7) is 23.5. The zero-order valence-electron chi connectivity index (χ0n) is 43.7. The summed E-state index contributed by atoms with van der Waals surface area (Å²) in [6, 6.07) is 18.1. The number of carbonyl (C=O) groups is 6. The Morgan fingerprint density at radius 3 is 1.96 bits per heavy atom. The van der Waals surface area contributed by atoms with Crippen molar-refractivity contribution in [2.45, 2.75) is 193 Å². The molecule has 0 radical (unpaired) electrons. The van der Waals surface area contributed by atoms with E-state index in [1.807, 2.05) is 0 Å². The summed E-state index contributed by atoms with van der Waals surface area (Å²) in [5.74, 6) is -5.33. The van der Waals surface area contributed by atoms with Gasteiger partial charge in [-0.15, -0.1) is 0 Å². The zero-order chi connectivity index (χ0) is 52.4. The number of fused-ring (bicyclic) bond motifs is 5. The van der Waals surface area contributed by atoms with Gasteiger partial charge in [-0.05, 0) is 95.4 Å². The highest BCUT2D eigenvalue weighted by atomic mass is 28.4. The van der Waals surface area contributed by atoms with Crippen molar-refractivity contribution in [1.29, 1.82) is 0 Å². The van der Waals surface area contributed by atoms with Crippen molar-refractivity contribution >= 4 is 44.1 Å². The number of hydrogen-bond donors (Lipinski definition) is 1. The first kappa shape index (κ1) is 53.8. The Morgan fingerprint density at radius 1 is 0.845 bits per heavy atom. The van der Waals surface area contributed by atoms with E-state index in [4.69, 9.17) is 37.6 Å². The van der Waals surface area contributed by atoms with Crippen LogP contribution in [0.2, 0.25) is 18.1 Å². The van der Waals surface area contributed by atoms with Gasteiger partial charge in [-0.3, -0.25) is 19.3 Å². The Kier molecular flexibility index (Phi) is 14.5. The molecule has 3 aliphatic carbocycles. The number of nitrogens with zero attached hydrogens (tertiary/aromatic N) is 1. The van der Waals surface area contributed by atoms with E-state index in [0.717, 1.165) is 0 Å². The molecule has 1 N–H and O–H groups in total. The topological polar surface area (TPSA) is 200 Å². The number of rotatable bonds is 12. The van der Waals surface area contributed by atoms with Crippen molar-refractivity contribution in [2.24, 2.45) is 16.7 Å². The first-order valence-corrected chi connectivity index (χ1v) is 27.5. The quantitative estimate of drug-likeness (QED) is 0.0920. The fourth-order valence-electron chi connectivity index (χ4n) is 12.4. The maximum Gasteiger partial charge on any atom is 0.413 e. The van der Waals surface area contributed by atoms with Gasteiger partial charge in [-0.1, -0.05) is 83.1 Å². The maximum absolute atomic E-state index is 16.4.